The van der Waals surface area contributed by atoms with E-state index in [4.69, 9.17) is 4.52 Å². The van der Waals surface area contributed by atoms with Crippen LogP contribution in [-0.4, -0.2) is 23.4 Å². The van der Waals surface area contributed by atoms with Crippen molar-refractivity contribution in [2.24, 2.45) is 0 Å². The summed E-state index contributed by atoms with van der Waals surface area (Å²) < 4.78 is 18.1. The molecule has 1 aromatic carbocycles. The van der Waals surface area contributed by atoms with Gasteiger partial charge in [0.25, 0.3) is 0 Å². The Morgan fingerprint density at radius 3 is 2.78 bits per heavy atom. The van der Waals surface area contributed by atoms with Crippen molar-refractivity contribution in [1.29, 1.82) is 0 Å². The molecule has 0 bridgehead atoms. The van der Waals surface area contributed by atoms with E-state index < -0.39 is 5.60 Å². The van der Waals surface area contributed by atoms with E-state index in [1.165, 1.54) is 12.1 Å². The first-order chi connectivity index (χ1) is 8.19. The first kappa shape index (κ1) is 13.3. The average molecular weight is 273 g/mol. The summed E-state index contributed by atoms with van der Waals surface area (Å²) in [4.78, 5) is 0. The lowest BCUT2D eigenvalue weighted by molar-refractivity contribution is 0.000586. The Hall–Kier alpha value is -1.17. The second kappa shape index (κ2) is 4.84. The van der Waals surface area contributed by atoms with Crippen molar-refractivity contribution in [3.63, 3.8) is 0 Å². The highest BCUT2D eigenvalue weighted by molar-refractivity contribution is 5.85. The Morgan fingerprint density at radius 1 is 1.33 bits per heavy atom. The number of hydrogen-bond acceptors (Lipinski definition) is 4. The number of nitrogens with zero attached hydrogens (tertiary/aromatic N) is 1. The van der Waals surface area contributed by atoms with Gasteiger partial charge in [0.15, 0.2) is 5.58 Å². The maximum Gasteiger partial charge on any atom is 0.170 e. The molecule has 18 heavy (non-hydrogen) atoms. The van der Waals surface area contributed by atoms with Crippen molar-refractivity contribution < 1.29 is 14.0 Å². The van der Waals surface area contributed by atoms with Gasteiger partial charge < -0.3 is 14.9 Å². The molecule has 4 nitrogen and oxygen atoms in total. The fourth-order valence-corrected chi connectivity index (χ4v) is 2.32. The number of hydrogen-bond donors (Lipinski definition) is 2. The van der Waals surface area contributed by atoms with Crippen LogP contribution in [0.2, 0.25) is 0 Å². The van der Waals surface area contributed by atoms with Crippen molar-refractivity contribution >= 4 is 23.4 Å². The van der Waals surface area contributed by atoms with Crippen molar-refractivity contribution in [2.45, 2.75) is 18.4 Å². The molecule has 1 saturated heterocycles. The molecule has 1 aliphatic heterocycles. The van der Waals surface area contributed by atoms with Gasteiger partial charge in [-0.15, -0.1) is 12.4 Å². The van der Waals surface area contributed by atoms with Crippen LogP contribution in [0.1, 0.15) is 18.5 Å². The third kappa shape index (κ3) is 2.09. The van der Waals surface area contributed by atoms with Gasteiger partial charge in [-0.3, -0.25) is 0 Å². The van der Waals surface area contributed by atoms with Gasteiger partial charge in [0.1, 0.15) is 17.1 Å². The van der Waals surface area contributed by atoms with Crippen molar-refractivity contribution in [3.8, 4) is 0 Å². The molecule has 2 N–H and O–H groups in total. The number of halogens is 2. The molecule has 2 aromatic rings. The molecule has 0 saturated carbocycles. The monoisotopic (exact) mass is 272 g/mol. The predicted octanol–water partition coefficient (Wildman–Crippen LogP) is 1.96. The molecule has 3 rings (SSSR count). The minimum atomic E-state index is -0.964. The Kier molecular flexibility index (Phi) is 3.56. The standard InChI is InChI=1S/C12H13FN2O2.ClH/c13-8-1-2-9-10(7-8)17-15-11(9)12(16)3-5-14-6-4-12;/h1-2,7,14,16H,3-6H2;1H. The van der Waals surface area contributed by atoms with Gasteiger partial charge in [-0.05, 0) is 38.1 Å². The van der Waals surface area contributed by atoms with Crippen LogP contribution in [0, 0.1) is 5.82 Å². The predicted molar refractivity (Wildman–Crippen MR) is 67.2 cm³/mol. The number of fused-ring (bicyclic) bond motifs is 1. The van der Waals surface area contributed by atoms with E-state index in [1.807, 2.05) is 0 Å². The van der Waals surface area contributed by atoms with E-state index in [1.54, 1.807) is 6.07 Å². The zero-order valence-corrected chi connectivity index (χ0v) is 10.5. The van der Waals surface area contributed by atoms with Crippen molar-refractivity contribution in [2.75, 3.05) is 13.1 Å². The summed E-state index contributed by atoms with van der Waals surface area (Å²) in [6.07, 6.45) is 1.18. The number of aliphatic hydroxyl groups is 1. The SMILES string of the molecule is Cl.OC1(c2noc3cc(F)ccc23)CCNCC1. The lowest BCUT2D eigenvalue weighted by Gasteiger charge is -2.30. The minimum absolute atomic E-state index is 0. The molecule has 1 fully saturated rings. The number of benzene rings is 1. The molecule has 0 radical (unpaired) electrons. The molecule has 0 unspecified atom stereocenters. The number of rotatable bonds is 1. The van der Waals surface area contributed by atoms with Gasteiger partial charge in [-0.1, -0.05) is 5.16 Å². The van der Waals surface area contributed by atoms with Crippen LogP contribution in [0.15, 0.2) is 22.7 Å². The maximum absolute atomic E-state index is 13.0. The Bertz CT molecular complexity index is 552. The topological polar surface area (TPSA) is 58.3 Å². The summed E-state index contributed by atoms with van der Waals surface area (Å²) in [5.41, 5.74) is -0.0603. The number of aromatic nitrogens is 1. The van der Waals surface area contributed by atoms with Crippen LogP contribution in [0.25, 0.3) is 11.0 Å². The van der Waals surface area contributed by atoms with E-state index in [9.17, 15) is 9.50 Å². The molecule has 0 atom stereocenters. The Labute approximate surface area is 110 Å². The third-order valence-corrected chi connectivity index (χ3v) is 3.31. The molecule has 98 valence electrons. The molecule has 0 aliphatic carbocycles. The second-order valence-corrected chi connectivity index (χ2v) is 4.45. The first-order valence-corrected chi connectivity index (χ1v) is 5.68. The number of nitrogens with one attached hydrogen (secondary N) is 1. The first-order valence-electron chi connectivity index (χ1n) is 5.68. The average Bonchev–Trinajstić information content (AvgIpc) is 2.73. The highest BCUT2D eigenvalue weighted by Crippen LogP contribution is 2.34. The van der Waals surface area contributed by atoms with Crippen LogP contribution in [-0.2, 0) is 5.60 Å². The van der Waals surface area contributed by atoms with E-state index in [2.05, 4.69) is 10.5 Å². The minimum Gasteiger partial charge on any atom is -0.383 e. The van der Waals surface area contributed by atoms with Gasteiger partial charge in [-0.25, -0.2) is 4.39 Å². The fraction of sp³-hybridized carbons (Fsp3) is 0.417. The Morgan fingerprint density at radius 2 is 2.06 bits per heavy atom. The summed E-state index contributed by atoms with van der Waals surface area (Å²) in [6, 6.07) is 4.25. The second-order valence-electron chi connectivity index (χ2n) is 4.45. The zero-order chi connectivity index (χ0) is 11.9. The summed E-state index contributed by atoms with van der Waals surface area (Å²) in [5, 5.41) is 18.3. The van der Waals surface area contributed by atoms with E-state index in [-0.39, 0.29) is 18.2 Å². The molecular formula is C12H14ClFN2O2. The zero-order valence-electron chi connectivity index (χ0n) is 9.65. The summed E-state index contributed by atoms with van der Waals surface area (Å²) in [7, 11) is 0. The van der Waals surface area contributed by atoms with Crippen LogP contribution in [0.3, 0.4) is 0 Å². The molecule has 0 spiro atoms. The summed E-state index contributed by atoms with van der Waals surface area (Å²) in [6.45, 7) is 1.48. The number of piperidine rings is 1. The quantitative estimate of drug-likeness (QED) is 0.833. The Balaban J connectivity index is 0.00000120. The lowest BCUT2D eigenvalue weighted by Crippen LogP contribution is -2.40. The van der Waals surface area contributed by atoms with Crippen molar-refractivity contribution in [1.82, 2.24) is 10.5 Å². The van der Waals surface area contributed by atoms with E-state index >= 15 is 0 Å². The molecule has 1 aromatic heterocycles. The molecular weight excluding hydrogens is 259 g/mol. The van der Waals surface area contributed by atoms with Crippen LogP contribution < -0.4 is 5.32 Å². The largest absolute Gasteiger partial charge is 0.383 e. The van der Waals surface area contributed by atoms with Gasteiger partial charge in [0.05, 0.1) is 0 Å². The molecule has 0 amide bonds. The van der Waals surface area contributed by atoms with Gasteiger partial charge in [0.2, 0.25) is 0 Å². The van der Waals surface area contributed by atoms with Gasteiger partial charge in [-0.2, -0.15) is 0 Å². The highest BCUT2D eigenvalue weighted by Gasteiger charge is 2.35. The van der Waals surface area contributed by atoms with Crippen LogP contribution in [0.5, 0.6) is 0 Å². The van der Waals surface area contributed by atoms with Crippen LogP contribution in [0.4, 0.5) is 4.39 Å². The normalized spacial score (nSPS) is 18.6. The van der Waals surface area contributed by atoms with Gasteiger partial charge >= 0.3 is 0 Å². The maximum atomic E-state index is 13.0. The third-order valence-electron chi connectivity index (χ3n) is 3.31. The lowest BCUT2D eigenvalue weighted by atomic mass is 9.87. The molecule has 1 aliphatic rings. The molecule has 6 heteroatoms. The van der Waals surface area contributed by atoms with E-state index in [0.29, 0.717) is 29.5 Å². The highest BCUT2D eigenvalue weighted by atomic mass is 35.5. The summed E-state index contributed by atoms with van der Waals surface area (Å²) >= 11 is 0. The fourth-order valence-electron chi connectivity index (χ4n) is 2.32. The van der Waals surface area contributed by atoms with Crippen molar-refractivity contribution in [3.05, 3.63) is 29.7 Å². The summed E-state index contributed by atoms with van der Waals surface area (Å²) in [5.74, 6) is -0.363. The van der Waals surface area contributed by atoms with Crippen LogP contribution >= 0.6 is 12.4 Å². The van der Waals surface area contributed by atoms with Gasteiger partial charge in [0, 0.05) is 11.5 Å². The molecule has 2 heterocycles. The smallest absolute Gasteiger partial charge is 0.170 e. The van der Waals surface area contributed by atoms with E-state index in [0.717, 1.165) is 13.1 Å².